The number of hydrogen-bond acceptors (Lipinski definition) is 5. The van der Waals surface area contributed by atoms with E-state index in [1.165, 1.54) is 0 Å². The molecular weight excluding hydrogens is 330 g/mol. The van der Waals surface area contributed by atoms with Gasteiger partial charge in [0.15, 0.2) is 5.82 Å². The summed E-state index contributed by atoms with van der Waals surface area (Å²) < 4.78 is 5.62. The van der Waals surface area contributed by atoms with Crippen LogP contribution in [0.25, 0.3) is 11.0 Å². The van der Waals surface area contributed by atoms with E-state index in [1.807, 2.05) is 31.2 Å². The predicted octanol–water partition coefficient (Wildman–Crippen LogP) is 1.44. The second-order valence-corrected chi connectivity index (χ2v) is 6.10. The highest BCUT2D eigenvalue weighted by Crippen LogP contribution is 2.15. The van der Waals surface area contributed by atoms with E-state index in [0.29, 0.717) is 19.5 Å². The van der Waals surface area contributed by atoms with Crippen LogP contribution in [0.2, 0.25) is 0 Å². The minimum atomic E-state index is -0.0213. The Morgan fingerprint density at radius 1 is 1.00 bits per heavy atom. The summed E-state index contributed by atoms with van der Waals surface area (Å²) in [4.78, 5) is 16.4. The lowest BCUT2D eigenvalue weighted by Crippen LogP contribution is -2.20. The van der Waals surface area contributed by atoms with Crippen molar-refractivity contribution in [1.82, 2.24) is 34.3 Å². The Morgan fingerprint density at radius 3 is 2.73 bits per heavy atom. The van der Waals surface area contributed by atoms with Gasteiger partial charge in [-0.2, -0.15) is 0 Å². The summed E-state index contributed by atoms with van der Waals surface area (Å²) in [6.45, 7) is 3.93. The Morgan fingerprint density at radius 2 is 1.85 bits per heavy atom. The summed E-state index contributed by atoms with van der Waals surface area (Å²) in [5, 5.41) is 12.0. The molecule has 0 saturated heterocycles. The number of hydrogen-bond donors (Lipinski definition) is 0. The van der Waals surface area contributed by atoms with Crippen LogP contribution in [0.3, 0.4) is 0 Å². The van der Waals surface area contributed by atoms with Crippen molar-refractivity contribution < 1.29 is 0 Å². The van der Waals surface area contributed by atoms with Crippen molar-refractivity contribution in [3.63, 3.8) is 0 Å². The van der Waals surface area contributed by atoms with E-state index in [1.54, 1.807) is 27.6 Å². The summed E-state index contributed by atoms with van der Waals surface area (Å²) >= 11 is 0. The van der Waals surface area contributed by atoms with Gasteiger partial charge in [0, 0.05) is 31.8 Å². The van der Waals surface area contributed by atoms with Gasteiger partial charge in [0.1, 0.15) is 5.82 Å². The Kier molecular flexibility index (Phi) is 4.30. The second kappa shape index (κ2) is 6.91. The molecule has 3 heterocycles. The summed E-state index contributed by atoms with van der Waals surface area (Å²) in [6.07, 6.45) is 2.37. The van der Waals surface area contributed by atoms with E-state index >= 15 is 0 Å². The molecule has 8 nitrogen and oxygen atoms in total. The number of para-hydroxylation sites is 2. The zero-order valence-electron chi connectivity index (χ0n) is 14.5. The topological polar surface area (TPSA) is 83.4 Å². The van der Waals surface area contributed by atoms with Crippen LogP contribution in [0.4, 0.5) is 0 Å². The van der Waals surface area contributed by atoms with E-state index in [0.717, 1.165) is 29.2 Å². The molecule has 1 aromatic carbocycles. The maximum atomic E-state index is 11.8. The number of tetrazole rings is 1. The third kappa shape index (κ3) is 3.13. The zero-order valence-corrected chi connectivity index (χ0v) is 14.5. The Bertz CT molecular complexity index is 1090. The molecule has 0 unspecified atom stereocenters. The first-order valence-corrected chi connectivity index (χ1v) is 8.55. The van der Waals surface area contributed by atoms with Gasteiger partial charge in [-0.25, -0.2) is 9.67 Å². The van der Waals surface area contributed by atoms with Gasteiger partial charge in [-0.05, 0) is 35.5 Å². The lowest BCUT2D eigenvalue weighted by Gasteiger charge is -2.09. The monoisotopic (exact) mass is 349 g/mol. The largest absolute Gasteiger partial charge is 0.326 e. The Balaban J connectivity index is 1.48. The molecular formula is C18H19N7O. The lowest BCUT2D eigenvalue weighted by molar-refractivity contribution is 0.495. The van der Waals surface area contributed by atoms with Crippen molar-refractivity contribution in [3.05, 3.63) is 70.7 Å². The standard InChI is InChI=1S/C18H19N7O/c1-14-19-15-6-2-3-7-16(15)24(14)12-13-25-17(20-21-22-25)9-11-23-10-5-4-8-18(23)26/h2-8,10H,9,11-13H2,1H3. The maximum absolute atomic E-state index is 11.8. The Hall–Kier alpha value is -3.29. The fraction of sp³-hybridized carbons (Fsp3) is 0.278. The van der Waals surface area contributed by atoms with Crippen LogP contribution in [-0.2, 0) is 26.1 Å². The van der Waals surface area contributed by atoms with E-state index in [2.05, 4.69) is 31.1 Å². The maximum Gasteiger partial charge on any atom is 0.250 e. The van der Waals surface area contributed by atoms with Gasteiger partial charge < -0.3 is 9.13 Å². The predicted molar refractivity (Wildman–Crippen MR) is 96.7 cm³/mol. The minimum absolute atomic E-state index is 0.0213. The van der Waals surface area contributed by atoms with E-state index in [4.69, 9.17) is 0 Å². The van der Waals surface area contributed by atoms with Crippen LogP contribution in [0.1, 0.15) is 11.6 Å². The van der Waals surface area contributed by atoms with Crippen LogP contribution in [0, 0.1) is 6.92 Å². The van der Waals surface area contributed by atoms with Crippen molar-refractivity contribution in [2.24, 2.45) is 0 Å². The molecule has 0 aliphatic heterocycles. The van der Waals surface area contributed by atoms with Crippen molar-refractivity contribution >= 4 is 11.0 Å². The molecule has 0 aliphatic carbocycles. The summed E-state index contributed by atoms with van der Waals surface area (Å²) in [5.74, 6) is 1.74. The van der Waals surface area contributed by atoms with Crippen molar-refractivity contribution in [1.29, 1.82) is 0 Å². The molecule has 0 radical (unpaired) electrons. The van der Waals surface area contributed by atoms with Crippen molar-refractivity contribution in [2.75, 3.05) is 0 Å². The number of aromatic nitrogens is 7. The molecule has 0 amide bonds. The number of aryl methyl sites for hydroxylation is 5. The summed E-state index contributed by atoms with van der Waals surface area (Å²) in [5.41, 5.74) is 2.08. The van der Waals surface area contributed by atoms with E-state index < -0.39 is 0 Å². The van der Waals surface area contributed by atoms with E-state index in [-0.39, 0.29) is 5.56 Å². The third-order valence-corrected chi connectivity index (χ3v) is 4.46. The first-order chi connectivity index (χ1) is 12.7. The molecule has 4 rings (SSSR count). The SMILES string of the molecule is Cc1nc2ccccc2n1CCn1nnnc1CCn1ccccc1=O. The minimum Gasteiger partial charge on any atom is -0.326 e. The molecule has 0 N–H and O–H groups in total. The number of rotatable bonds is 6. The Labute approximate surface area is 149 Å². The zero-order chi connectivity index (χ0) is 17.9. The molecule has 0 fully saturated rings. The average Bonchev–Trinajstić information content (AvgIpc) is 3.22. The van der Waals surface area contributed by atoms with Crippen molar-refractivity contribution in [2.45, 2.75) is 33.0 Å². The normalized spacial score (nSPS) is 11.3. The van der Waals surface area contributed by atoms with Crippen LogP contribution in [0.15, 0.2) is 53.5 Å². The summed E-state index contributed by atoms with van der Waals surface area (Å²) in [7, 11) is 0. The van der Waals surface area contributed by atoms with Crippen LogP contribution >= 0.6 is 0 Å². The molecule has 0 atom stereocenters. The van der Waals surface area contributed by atoms with Crippen LogP contribution in [-0.4, -0.2) is 34.3 Å². The number of imidazole rings is 1. The molecule has 0 saturated carbocycles. The van der Waals surface area contributed by atoms with Crippen LogP contribution in [0.5, 0.6) is 0 Å². The van der Waals surface area contributed by atoms with Crippen LogP contribution < -0.4 is 5.56 Å². The smallest absolute Gasteiger partial charge is 0.250 e. The molecule has 0 spiro atoms. The molecule has 3 aromatic heterocycles. The highest BCUT2D eigenvalue weighted by molar-refractivity contribution is 5.75. The molecule has 8 heteroatoms. The fourth-order valence-corrected chi connectivity index (χ4v) is 3.11. The number of pyridine rings is 1. The quantitative estimate of drug-likeness (QED) is 0.526. The molecule has 132 valence electrons. The van der Waals surface area contributed by atoms with E-state index in [9.17, 15) is 4.79 Å². The summed E-state index contributed by atoms with van der Waals surface area (Å²) in [6, 6.07) is 13.2. The van der Waals surface area contributed by atoms with Gasteiger partial charge in [0.25, 0.3) is 5.56 Å². The molecule has 0 bridgehead atoms. The number of nitrogens with zero attached hydrogens (tertiary/aromatic N) is 7. The van der Waals surface area contributed by atoms with Gasteiger partial charge >= 0.3 is 0 Å². The molecule has 4 aromatic rings. The first kappa shape index (κ1) is 16.2. The fourth-order valence-electron chi connectivity index (χ4n) is 3.11. The highest BCUT2D eigenvalue weighted by Gasteiger charge is 2.10. The highest BCUT2D eigenvalue weighted by atomic mass is 16.1. The third-order valence-electron chi connectivity index (χ3n) is 4.46. The average molecular weight is 349 g/mol. The van der Waals surface area contributed by atoms with Gasteiger partial charge in [-0.3, -0.25) is 4.79 Å². The van der Waals surface area contributed by atoms with Crippen molar-refractivity contribution in [3.8, 4) is 0 Å². The van der Waals surface area contributed by atoms with Gasteiger partial charge in [0.2, 0.25) is 0 Å². The second-order valence-electron chi connectivity index (χ2n) is 6.10. The van der Waals surface area contributed by atoms with Gasteiger partial charge in [-0.15, -0.1) is 5.10 Å². The molecule has 0 aliphatic rings. The van der Waals surface area contributed by atoms with Gasteiger partial charge in [-0.1, -0.05) is 18.2 Å². The first-order valence-electron chi connectivity index (χ1n) is 8.55. The number of benzene rings is 1. The lowest BCUT2D eigenvalue weighted by atomic mass is 10.3. The molecule has 26 heavy (non-hydrogen) atoms. The number of fused-ring (bicyclic) bond motifs is 1. The van der Waals surface area contributed by atoms with Gasteiger partial charge in [0.05, 0.1) is 17.6 Å².